The number of halogens is 1. The molecule has 24 heavy (non-hydrogen) atoms. The Balaban J connectivity index is 1.96. The fourth-order valence-corrected chi connectivity index (χ4v) is 2.13. The molecule has 2 aromatic rings. The molecule has 2 amide bonds. The number of esters is 1. The summed E-state index contributed by atoms with van der Waals surface area (Å²) in [6.45, 7) is 0.133. The predicted molar refractivity (Wildman–Crippen MR) is 89.7 cm³/mol. The standard InChI is InChI=1S/C17H15ClN2O4/c1-24-17(23)11-6-4-7-13(9-11)20-16(22)15(21)19-10-12-5-2-3-8-14(12)18/h2-9H,10H2,1H3,(H,19,21)(H,20,22). The van der Waals surface area contributed by atoms with Gasteiger partial charge in [-0.3, -0.25) is 9.59 Å². The van der Waals surface area contributed by atoms with E-state index in [0.717, 1.165) is 0 Å². The largest absolute Gasteiger partial charge is 0.465 e. The number of nitrogens with one attached hydrogen (secondary N) is 2. The molecule has 0 saturated heterocycles. The van der Waals surface area contributed by atoms with Gasteiger partial charge in [-0.05, 0) is 29.8 Å². The van der Waals surface area contributed by atoms with Crippen LogP contribution in [0.4, 0.5) is 5.69 Å². The number of hydrogen-bond acceptors (Lipinski definition) is 4. The highest BCUT2D eigenvalue weighted by Crippen LogP contribution is 2.14. The smallest absolute Gasteiger partial charge is 0.337 e. The van der Waals surface area contributed by atoms with Gasteiger partial charge in [0, 0.05) is 17.3 Å². The van der Waals surface area contributed by atoms with Crippen molar-refractivity contribution < 1.29 is 19.1 Å². The van der Waals surface area contributed by atoms with Crippen LogP contribution in [0.1, 0.15) is 15.9 Å². The summed E-state index contributed by atoms with van der Waals surface area (Å²) >= 11 is 5.98. The van der Waals surface area contributed by atoms with Gasteiger partial charge in [-0.1, -0.05) is 35.9 Å². The van der Waals surface area contributed by atoms with E-state index in [4.69, 9.17) is 11.6 Å². The maximum absolute atomic E-state index is 11.9. The zero-order chi connectivity index (χ0) is 17.5. The molecule has 0 aliphatic heterocycles. The number of carbonyl (C=O) groups is 3. The first kappa shape index (κ1) is 17.5. The Bertz CT molecular complexity index is 777. The molecule has 0 bridgehead atoms. The minimum absolute atomic E-state index is 0.133. The zero-order valence-corrected chi connectivity index (χ0v) is 13.6. The molecule has 0 aromatic heterocycles. The Morgan fingerprint density at radius 2 is 1.79 bits per heavy atom. The maximum atomic E-state index is 11.9. The summed E-state index contributed by atoms with van der Waals surface area (Å²) in [6, 6.07) is 13.1. The number of anilines is 1. The number of hydrogen-bond donors (Lipinski definition) is 2. The topological polar surface area (TPSA) is 84.5 Å². The van der Waals surface area contributed by atoms with Gasteiger partial charge in [-0.15, -0.1) is 0 Å². The van der Waals surface area contributed by atoms with Crippen LogP contribution in [0.2, 0.25) is 5.02 Å². The van der Waals surface area contributed by atoms with Crippen molar-refractivity contribution >= 4 is 35.1 Å². The predicted octanol–water partition coefficient (Wildman–Crippen LogP) is 2.38. The molecule has 0 radical (unpaired) electrons. The SMILES string of the molecule is COC(=O)c1cccc(NC(=O)C(=O)NCc2ccccc2Cl)c1. The number of ether oxygens (including phenoxy) is 1. The lowest BCUT2D eigenvalue weighted by atomic mass is 10.2. The van der Waals surface area contributed by atoms with E-state index < -0.39 is 17.8 Å². The summed E-state index contributed by atoms with van der Waals surface area (Å²) in [4.78, 5) is 35.2. The van der Waals surface area contributed by atoms with Crippen molar-refractivity contribution in [3.8, 4) is 0 Å². The van der Waals surface area contributed by atoms with Gasteiger partial charge in [0.15, 0.2) is 0 Å². The lowest BCUT2D eigenvalue weighted by Crippen LogP contribution is -2.35. The van der Waals surface area contributed by atoms with Crippen molar-refractivity contribution in [1.82, 2.24) is 5.32 Å². The van der Waals surface area contributed by atoms with Crippen molar-refractivity contribution in [3.63, 3.8) is 0 Å². The molecular formula is C17H15ClN2O4. The number of benzene rings is 2. The van der Waals surface area contributed by atoms with Crippen molar-refractivity contribution in [2.75, 3.05) is 12.4 Å². The third kappa shape index (κ3) is 4.57. The van der Waals surface area contributed by atoms with E-state index in [1.54, 1.807) is 42.5 Å². The first-order chi connectivity index (χ1) is 11.5. The summed E-state index contributed by atoms with van der Waals surface area (Å²) < 4.78 is 4.60. The minimum Gasteiger partial charge on any atom is -0.465 e. The molecule has 6 nitrogen and oxygen atoms in total. The van der Waals surface area contributed by atoms with E-state index in [1.807, 2.05) is 0 Å². The summed E-state index contributed by atoms with van der Waals surface area (Å²) in [5.74, 6) is -2.18. The molecule has 0 heterocycles. The normalized spacial score (nSPS) is 9.92. The van der Waals surface area contributed by atoms with Crippen molar-refractivity contribution in [3.05, 3.63) is 64.7 Å². The highest BCUT2D eigenvalue weighted by Gasteiger charge is 2.15. The zero-order valence-electron chi connectivity index (χ0n) is 12.8. The summed E-state index contributed by atoms with van der Waals surface area (Å²) in [5, 5.41) is 5.41. The van der Waals surface area contributed by atoms with Gasteiger partial charge in [-0.25, -0.2) is 4.79 Å². The second-order valence-corrected chi connectivity index (χ2v) is 5.21. The molecule has 0 unspecified atom stereocenters. The van der Waals surface area contributed by atoms with Crippen LogP contribution >= 0.6 is 11.6 Å². The average Bonchev–Trinajstić information content (AvgIpc) is 2.60. The third-order valence-electron chi connectivity index (χ3n) is 3.15. The molecule has 0 aliphatic carbocycles. The minimum atomic E-state index is -0.843. The second kappa shape index (κ2) is 8.12. The maximum Gasteiger partial charge on any atom is 0.337 e. The highest BCUT2D eigenvalue weighted by molar-refractivity contribution is 6.39. The molecule has 0 spiro atoms. The molecule has 2 aromatic carbocycles. The van der Waals surface area contributed by atoms with Crippen molar-refractivity contribution in [2.45, 2.75) is 6.54 Å². The van der Waals surface area contributed by atoms with Gasteiger partial charge in [0.1, 0.15) is 0 Å². The Hall–Kier alpha value is -2.86. The quantitative estimate of drug-likeness (QED) is 0.657. The third-order valence-corrected chi connectivity index (χ3v) is 3.51. The van der Waals surface area contributed by atoms with E-state index in [1.165, 1.54) is 13.2 Å². The average molecular weight is 347 g/mol. The van der Waals surface area contributed by atoms with E-state index in [2.05, 4.69) is 15.4 Å². The van der Waals surface area contributed by atoms with Crippen LogP contribution in [0.5, 0.6) is 0 Å². The summed E-state index contributed by atoms with van der Waals surface area (Å²) in [5.41, 5.74) is 1.29. The first-order valence-corrected chi connectivity index (χ1v) is 7.40. The highest BCUT2D eigenvalue weighted by atomic mass is 35.5. The van der Waals surface area contributed by atoms with Crippen LogP contribution in [0, 0.1) is 0 Å². The molecule has 0 fully saturated rings. The van der Waals surface area contributed by atoms with Crippen LogP contribution in [0.3, 0.4) is 0 Å². The molecule has 2 N–H and O–H groups in total. The number of amides is 2. The van der Waals surface area contributed by atoms with Gasteiger partial charge in [0.2, 0.25) is 0 Å². The molecule has 0 atom stereocenters. The fraction of sp³-hybridized carbons (Fsp3) is 0.118. The van der Waals surface area contributed by atoms with Crippen LogP contribution in [0.25, 0.3) is 0 Å². The van der Waals surface area contributed by atoms with Gasteiger partial charge in [0.05, 0.1) is 12.7 Å². The molecule has 0 saturated carbocycles. The van der Waals surface area contributed by atoms with Gasteiger partial charge in [0.25, 0.3) is 0 Å². The van der Waals surface area contributed by atoms with E-state index in [9.17, 15) is 14.4 Å². The van der Waals surface area contributed by atoms with Gasteiger partial charge < -0.3 is 15.4 Å². The molecular weight excluding hydrogens is 332 g/mol. The molecule has 7 heteroatoms. The van der Waals surface area contributed by atoms with Gasteiger partial charge in [-0.2, -0.15) is 0 Å². The van der Waals surface area contributed by atoms with Crippen molar-refractivity contribution in [1.29, 1.82) is 0 Å². The first-order valence-electron chi connectivity index (χ1n) is 7.02. The monoisotopic (exact) mass is 346 g/mol. The van der Waals surface area contributed by atoms with Crippen LogP contribution in [0.15, 0.2) is 48.5 Å². The lowest BCUT2D eigenvalue weighted by Gasteiger charge is -2.08. The van der Waals surface area contributed by atoms with Crippen LogP contribution < -0.4 is 10.6 Å². The van der Waals surface area contributed by atoms with E-state index >= 15 is 0 Å². The van der Waals surface area contributed by atoms with Crippen LogP contribution in [-0.4, -0.2) is 24.9 Å². The number of carbonyl (C=O) groups excluding carboxylic acids is 3. The second-order valence-electron chi connectivity index (χ2n) is 4.80. The molecule has 124 valence electrons. The Morgan fingerprint density at radius 1 is 1.04 bits per heavy atom. The number of rotatable bonds is 4. The molecule has 2 rings (SSSR count). The lowest BCUT2D eigenvalue weighted by molar-refractivity contribution is -0.136. The Labute approximate surface area is 143 Å². The van der Waals surface area contributed by atoms with E-state index in [-0.39, 0.29) is 12.1 Å². The number of methoxy groups -OCH3 is 1. The van der Waals surface area contributed by atoms with Crippen molar-refractivity contribution in [2.24, 2.45) is 0 Å². The Morgan fingerprint density at radius 3 is 2.50 bits per heavy atom. The van der Waals surface area contributed by atoms with Crippen LogP contribution in [-0.2, 0) is 20.9 Å². The van der Waals surface area contributed by atoms with Gasteiger partial charge >= 0.3 is 17.8 Å². The Kier molecular flexibility index (Phi) is 5.92. The fourth-order valence-electron chi connectivity index (χ4n) is 1.93. The molecule has 0 aliphatic rings. The summed E-state index contributed by atoms with van der Waals surface area (Å²) in [6.07, 6.45) is 0. The summed E-state index contributed by atoms with van der Waals surface area (Å²) in [7, 11) is 1.26. The van der Waals surface area contributed by atoms with E-state index in [0.29, 0.717) is 16.3 Å².